The first-order chi connectivity index (χ1) is 11.0. The van der Waals surface area contributed by atoms with Gasteiger partial charge in [-0.2, -0.15) is 4.31 Å². The molecule has 6 nitrogen and oxygen atoms in total. The average molecular weight is 375 g/mol. The van der Waals surface area contributed by atoms with Gasteiger partial charge in [0.25, 0.3) is 0 Å². The van der Waals surface area contributed by atoms with Crippen molar-refractivity contribution in [2.24, 2.45) is 0 Å². The van der Waals surface area contributed by atoms with Gasteiger partial charge in [0.15, 0.2) is 0 Å². The molecular weight excluding hydrogens is 352 g/mol. The highest BCUT2D eigenvalue weighted by atomic mass is 35.5. The van der Waals surface area contributed by atoms with Crippen LogP contribution in [0.25, 0.3) is 0 Å². The van der Waals surface area contributed by atoms with Gasteiger partial charge < -0.3 is 10.1 Å². The van der Waals surface area contributed by atoms with Crippen LogP contribution in [0.15, 0.2) is 29.2 Å². The zero-order valence-corrected chi connectivity index (χ0v) is 15.2. The van der Waals surface area contributed by atoms with Crippen LogP contribution in [0.1, 0.15) is 36.5 Å². The maximum Gasteiger partial charge on any atom is 0.338 e. The van der Waals surface area contributed by atoms with Crippen molar-refractivity contribution in [3.05, 3.63) is 29.8 Å². The summed E-state index contributed by atoms with van der Waals surface area (Å²) >= 11 is 0. The number of nitrogens with one attached hydrogen (secondary N) is 1. The first-order valence-corrected chi connectivity index (χ1v) is 9.48. The Morgan fingerprint density at radius 3 is 2.54 bits per heavy atom. The van der Waals surface area contributed by atoms with Crippen molar-refractivity contribution in [3.8, 4) is 0 Å². The summed E-state index contributed by atoms with van der Waals surface area (Å²) in [6.07, 6.45) is 3.00. The van der Waals surface area contributed by atoms with Crippen LogP contribution in [0.5, 0.6) is 0 Å². The van der Waals surface area contributed by atoms with Gasteiger partial charge in [0.2, 0.25) is 10.0 Å². The summed E-state index contributed by atoms with van der Waals surface area (Å²) in [6.45, 7) is 3.08. The molecule has 1 aromatic rings. The van der Waals surface area contributed by atoms with Gasteiger partial charge >= 0.3 is 5.97 Å². The molecule has 2 aliphatic rings. The van der Waals surface area contributed by atoms with Gasteiger partial charge in [0.1, 0.15) is 0 Å². The third-order valence-electron chi connectivity index (χ3n) is 4.49. The topological polar surface area (TPSA) is 75.7 Å². The SMILES string of the molecule is CCOC(=O)c1ccc(S(=O)(=O)N2CCC3CCC(C2)N3)cc1.Cl. The molecule has 0 saturated carbocycles. The molecule has 2 saturated heterocycles. The van der Waals surface area contributed by atoms with Crippen molar-refractivity contribution < 1.29 is 17.9 Å². The zero-order chi connectivity index (χ0) is 16.4. The van der Waals surface area contributed by atoms with Gasteiger partial charge in [-0.1, -0.05) is 0 Å². The van der Waals surface area contributed by atoms with Gasteiger partial charge in [-0.15, -0.1) is 12.4 Å². The monoisotopic (exact) mass is 374 g/mol. The summed E-state index contributed by atoms with van der Waals surface area (Å²) in [5.41, 5.74) is 0.363. The number of rotatable bonds is 4. The van der Waals surface area contributed by atoms with E-state index in [0.29, 0.717) is 31.3 Å². The minimum Gasteiger partial charge on any atom is -0.462 e. The minimum absolute atomic E-state index is 0. The fraction of sp³-hybridized carbons (Fsp3) is 0.562. The summed E-state index contributed by atoms with van der Waals surface area (Å²) in [7, 11) is -3.52. The summed E-state index contributed by atoms with van der Waals surface area (Å²) in [5.74, 6) is -0.437. The van der Waals surface area contributed by atoms with Crippen molar-refractivity contribution >= 4 is 28.4 Å². The first kappa shape index (κ1) is 19.2. The fourth-order valence-electron chi connectivity index (χ4n) is 3.26. The Morgan fingerprint density at radius 2 is 1.88 bits per heavy atom. The van der Waals surface area contributed by atoms with E-state index < -0.39 is 16.0 Å². The van der Waals surface area contributed by atoms with Crippen molar-refractivity contribution in [1.29, 1.82) is 0 Å². The molecule has 1 aromatic carbocycles. The van der Waals surface area contributed by atoms with Crippen LogP contribution in [0.4, 0.5) is 0 Å². The number of esters is 1. The Hall–Kier alpha value is -1.15. The van der Waals surface area contributed by atoms with Crippen LogP contribution >= 0.6 is 12.4 Å². The van der Waals surface area contributed by atoms with Crippen molar-refractivity contribution in [1.82, 2.24) is 9.62 Å². The molecule has 0 aliphatic carbocycles. The van der Waals surface area contributed by atoms with E-state index >= 15 is 0 Å². The zero-order valence-electron chi connectivity index (χ0n) is 13.6. The Kier molecular flexibility index (Phi) is 6.25. The molecule has 2 unspecified atom stereocenters. The number of ether oxygens (including phenoxy) is 1. The van der Waals surface area contributed by atoms with E-state index in [-0.39, 0.29) is 23.3 Å². The van der Waals surface area contributed by atoms with Crippen molar-refractivity contribution in [2.75, 3.05) is 19.7 Å². The van der Waals surface area contributed by atoms with Crippen molar-refractivity contribution in [2.45, 2.75) is 43.2 Å². The molecular formula is C16H23ClN2O4S. The number of sulfonamides is 1. The van der Waals surface area contributed by atoms with Crippen LogP contribution in [0.2, 0.25) is 0 Å². The van der Waals surface area contributed by atoms with E-state index in [1.165, 1.54) is 24.3 Å². The Morgan fingerprint density at radius 1 is 1.21 bits per heavy atom. The second kappa shape index (κ2) is 7.82. The molecule has 2 atom stereocenters. The highest BCUT2D eigenvalue weighted by molar-refractivity contribution is 7.89. The minimum atomic E-state index is -3.52. The van der Waals surface area contributed by atoms with E-state index in [9.17, 15) is 13.2 Å². The summed E-state index contributed by atoms with van der Waals surface area (Å²) in [4.78, 5) is 11.9. The number of halogens is 1. The number of hydrogen-bond donors (Lipinski definition) is 1. The van der Waals surface area contributed by atoms with Gasteiger partial charge in [-0.25, -0.2) is 13.2 Å². The average Bonchev–Trinajstić information content (AvgIpc) is 2.86. The number of nitrogens with zero attached hydrogens (tertiary/aromatic N) is 1. The second-order valence-corrected chi connectivity index (χ2v) is 7.97. The van der Waals surface area contributed by atoms with Crippen LogP contribution in [-0.4, -0.2) is 50.5 Å². The quantitative estimate of drug-likeness (QED) is 0.813. The Balaban J connectivity index is 0.00000208. The molecule has 2 bridgehead atoms. The van der Waals surface area contributed by atoms with Gasteiger partial charge in [-0.3, -0.25) is 0 Å². The molecule has 2 fully saturated rings. The molecule has 2 heterocycles. The van der Waals surface area contributed by atoms with Gasteiger partial charge in [-0.05, 0) is 50.5 Å². The number of fused-ring (bicyclic) bond motifs is 2. The summed E-state index contributed by atoms with van der Waals surface area (Å²) in [6, 6.07) is 6.67. The Labute approximate surface area is 149 Å². The molecule has 3 rings (SSSR count). The van der Waals surface area contributed by atoms with Crippen LogP contribution in [0.3, 0.4) is 0 Å². The normalized spacial score (nSPS) is 24.0. The Bertz CT molecular complexity index is 678. The largest absolute Gasteiger partial charge is 0.462 e. The lowest BCUT2D eigenvalue weighted by atomic mass is 10.1. The lowest BCUT2D eigenvalue weighted by Crippen LogP contribution is -2.39. The predicted octanol–water partition coefficient (Wildman–Crippen LogP) is 1.80. The lowest BCUT2D eigenvalue weighted by Gasteiger charge is -2.23. The highest BCUT2D eigenvalue weighted by Crippen LogP contribution is 2.25. The number of hydrogen-bond acceptors (Lipinski definition) is 5. The molecule has 0 aromatic heterocycles. The standard InChI is InChI=1S/C16H22N2O4S.ClH/c1-2-22-16(19)12-3-7-15(8-4-12)23(20,21)18-10-9-13-5-6-14(11-18)17-13;/h3-4,7-8,13-14,17H,2,5-6,9-11H2,1H3;1H. The van der Waals surface area contributed by atoms with E-state index in [1.807, 2.05) is 0 Å². The molecule has 134 valence electrons. The summed E-state index contributed by atoms with van der Waals surface area (Å²) < 4.78 is 32.1. The maximum absolute atomic E-state index is 12.8. The smallest absolute Gasteiger partial charge is 0.338 e. The second-order valence-electron chi connectivity index (χ2n) is 6.03. The van der Waals surface area contributed by atoms with E-state index in [2.05, 4.69) is 5.32 Å². The maximum atomic E-state index is 12.8. The van der Waals surface area contributed by atoms with E-state index in [0.717, 1.165) is 19.3 Å². The highest BCUT2D eigenvalue weighted by Gasteiger charge is 2.34. The van der Waals surface area contributed by atoms with Gasteiger partial charge in [0.05, 0.1) is 17.1 Å². The van der Waals surface area contributed by atoms with Crippen molar-refractivity contribution in [3.63, 3.8) is 0 Å². The molecule has 2 aliphatic heterocycles. The lowest BCUT2D eigenvalue weighted by molar-refractivity contribution is 0.0526. The molecule has 24 heavy (non-hydrogen) atoms. The number of benzene rings is 1. The fourth-order valence-corrected chi connectivity index (χ4v) is 4.76. The van der Waals surface area contributed by atoms with Crippen LogP contribution in [0, 0.1) is 0 Å². The van der Waals surface area contributed by atoms with Crippen LogP contribution in [-0.2, 0) is 14.8 Å². The molecule has 0 radical (unpaired) electrons. The molecule has 8 heteroatoms. The number of carbonyl (C=O) groups is 1. The van der Waals surface area contributed by atoms with Gasteiger partial charge in [0, 0.05) is 25.2 Å². The predicted molar refractivity (Wildman–Crippen MR) is 93.0 cm³/mol. The molecule has 1 N–H and O–H groups in total. The number of carbonyl (C=O) groups excluding carboxylic acids is 1. The first-order valence-electron chi connectivity index (χ1n) is 8.04. The molecule has 0 amide bonds. The third-order valence-corrected chi connectivity index (χ3v) is 6.37. The van der Waals surface area contributed by atoms with Crippen LogP contribution < -0.4 is 5.32 Å². The summed E-state index contributed by atoms with van der Waals surface area (Å²) in [5, 5.41) is 3.48. The third kappa shape index (κ3) is 3.91. The van der Waals surface area contributed by atoms with E-state index in [4.69, 9.17) is 4.74 Å². The van der Waals surface area contributed by atoms with E-state index in [1.54, 1.807) is 11.2 Å². The molecule has 0 spiro atoms.